The zero-order valence-electron chi connectivity index (χ0n) is 17.9. The molecule has 1 aliphatic heterocycles. The second-order valence-electron chi connectivity index (χ2n) is 7.55. The van der Waals surface area contributed by atoms with E-state index in [-0.39, 0.29) is 17.9 Å². The van der Waals surface area contributed by atoms with Crippen LogP contribution in [0.4, 0.5) is 17.1 Å². The van der Waals surface area contributed by atoms with Crippen molar-refractivity contribution >= 4 is 28.9 Å². The highest BCUT2D eigenvalue weighted by molar-refractivity contribution is 5.98. The fourth-order valence-electron chi connectivity index (χ4n) is 4.17. The number of benzene rings is 2. The van der Waals surface area contributed by atoms with E-state index in [1.165, 1.54) is 5.56 Å². The van der Waals surface area contributed by atoms with Gasteiger partial charge in [0.15, 0.2) is 0 Å². The Morgan fingerprint density at radius 3 is 2.24 bits per heavy atom. The normalized spacial score (nSPS) is 15.2. The molecule has 2 aromatic rings. The first-order valence-corrected chi connectivity index (χ1v) is 10.5. The van der Waals surface area contributed by atoms with E-state index in [4.69, 9.17) is 0 Å². The summed E-state index contributed by atoms with van der Waals surface area (Å²) in [6.45, 7) is 10.1. The van der Waals surface area contributed by atoms with Crippen LogP contribution in [0.1, 0.15) is 39.7 Å². The molecule has 5 nitrogen and oxygen atoms in total. The maximum Gasteiger partial charge on any atom is 0.229 e. The van der Waals surface area contributed by atoms with Gasteiger partial charge in [-0.2, -0.15) is 0 Å². The van der Waals surface area contributed by atoms with Gasteiger partial charge in [0.05, 0.1) is 0 Å². The lowest BCUT2D eigenvalue weighted by Crippen LogP contribution is -2.39. The molecule has 2 aromatic carbocycles. The van der Waals surface area contributed by atoms with Crippen molar-refractivity contribution in [1.82, 2.24) is 0 Å². The fraction of sp³-hybridized carbons (Fsp3) is 0.417. The number of amides is 2. The topological polar surface area (TPSA) is 43.9 Å². The highest BCUT2D eigenvalue weighted by Crippen LogP contribution is 2.32. The minimum absolute atomic E-state index is 0.0525. The molecule has 5 heteroatoms. The third kappa shape index (κ3) is 4.44. The molecule has 0 N–H and O–H groups in total. The van der Waals surface area contributed by atoms with Crippen LogP contribution in [0.25, 0.3) is 0 Å². The maximum atomic E-state index is 13.0. The summed E-state index contributed by atoms with van der Waals surface area (Å²) in [5.74, 6) is 0.0109. The number of para-hydroxylation sites is 1. The van der Waals surface area contributed by atoms with Gasteiger partial charge in [0.2, 0.25) is 11.8 Å². The minimum Gasteiger partial charge on any atom is -0.372 e. The van der Waals surface area contributed by atoms with Gasteiger partial charge in [-0.1, -0.05) is 18.2 Å². The van der Waals surface area contributed by atoms with Crippen LogP contribution in [0.5, 0.6) is 0 Å². The van der Waals surface area contributed by atoms with Gasteiger partial charge in [-0.25, -0.2) is 0 Å². The van der Waals surface area contributed by atoms with E-state index in [2.05, 4.69) is 31.7 Å². The molecule has 0 bridgehead atoms. The average molecular weight is 394 g/mol. The number of anilines is 3. The Morgan fingerprint density at radius 1 is 1.00 bits per heavy atom. The third-order valence-corrected chi connectivity index (χ3v) is 5.70. The number of hydrogen-bond donors (Lipinski definition) is 0. The molecule has 1 atom stereocenters. The lowest BCUT2D eigenvalue weighted by Gasteiger charge is -2.26. The molecule has 1 unspecified atom stereocenters. The van der Waals surface area contributed by atoms with Crippen molar-refractivity contribution < 1.29 is 9.59 Å². The number of nitrogens with zero attached hydrogens (tertiary/aromatic N) is 3. The van der Waals surface area contributed by atoms with E-state index in [0.29, 0.717) is 13.0 Å². The highest BCUT2D eigenvalue weighted by atomic mass is 16.2. The summed E-state index contributed by atoms with van der Waals surface area (Å²) in [5, 5.41) is 0. The molecule has 3 rings (SSSR count). The van der Waals surface area contributed by atoms with E-state index in [1.54, 1.807) is 11.8 Å². The minimum atomic E-state index is -0.0525. The summed E-state index contributed by atoms with van der Waals surface area (Å²) < 4.78 is 0. The van der Waals surface area contributed by atoms with Crippen molar-refractivity contribution in [2.45, 2.75) is 46.6 Å². The van der Waals surface area contributed by atoms with Crippen LogP contribution < -0.4 is 14.7 Å². The lowest BCUT2D eigenvalue weighted by molar-refractivity contribution is -0.119. The Balaban J connectivity index is 1.70. The number of fused-ring (bicyclic) bond motifs is 1. The third-order valence-electron chi connectivity index (χ3n) is 5.70. The van der Waals surface area contributed by atoms with Crippen LogP contribution in [-0.2, 0) is 16.0 Å². The Labute approximate surface area is 173 Å². The maximum absolute atomic E-state index is 13.0. The number of rotatable bonds is 7. The highest BCUT2D eigenvalue weighted by Gasteiger charge is 2.30. The van der Waals surface area contributed by atoms with Crippen molar-refractivity contribution in [3.63, 3.8) is 0 Å². The molecule has 1 aliphatic rings. The van der Waals surface area contributed by atoms with Gasteiger partial charge in [-0.3, -0.25) is 9.59 Å². The summed E-state index contributed by atoms with van der Waals surface area (Å²) in [6.07, 6.45) is 1.18. The Morgan fingerprint density at radius 2 is 1.62 bits per heavy atom. The summed E-state index contributed by atoms with van der Waals surface area (Å²) in [6, 6.07) is 16.2. The predicted molar refractivity (Wildman–Crippen MR) is 120 cm³/mol. The van der Waals surface area contributed by atoms with Crippen LogP contribution in [0.3, 0.4) is 0 Å². The van der Waals surface area contributed by atoms with Crippen molar-refractivity contribution in [2.75, 3.05) is 34.3 Å². The summed E-state index contributed by atoms with van der Waals surface area (Å²) in [7, 11) is 0. The second-order valence-corrected chi connectivity index (χ2v) is 7.55. The van der Waals surface area contributed by atoms with Gasteiger partial charge in [0, 0.05) is 56.1 Å². The SMILES string of the molecule is CCN(CC)c1ccc(N(CCC(=O)N2c3ccccc3CC2C)C(C)=O)cc1. The van der Waals surface area contributed by atoms with Crippen molar-refractivity contribution in [1.29, 1.82) is 0 Å². The van der Waals surface area contributed by atoms with Crippen LogP contribution in [0.15, 0.2) is 48.5 Å². The molecule has 29 heavy (non-hydrogen) atoms. The van der Waals surface area contributed by atoms with E-state index in [9.17, 15) is 9.59 Å². The van der Waals surface area contributed by atoms with Gasteiger partial charge >= 0.3 is 0 Å². The first kappa shape index (κ1) is 20.9. The second kappa shape index (κ2) is 9.12. The first-order chi connectivity index (χ1) is 14.0. The van der Waals surface area contributed by atoms with Gasteiger partial charge < -0.3 is 14.7 Å². The van der Waals surface area contributed by atoms with Gasteiger partial charge in [-0.05, 0) is 63.1 Å². The molecular weight excluding hydrogens is 362 g/mol. The van der Waals surface area contributed by atoms with Crippen molar-refractivity contribution in [2.24, 2.45) is 0 Å². The molecule has 0 fully saturated rings. The van der Waals surface area contributed by atoms with Gasteiger partial charge in [0.25, 0.3) is 0 Å². The zero-order chi connectivity index (χ0) is 21.0. The fourth-order valence-corrected chi connectivity index (χ4v) is 4.17. The predicted octanol–water partition coefficient (Wildman–Crippen LogP) is 4.25. The monoisotopic (exact) mass is 393 g/mol. The average Bonchev–Trinajstić information content (AvgIpc) is 3.05. The summed E-state index contributed by atoms with van der Waals surface area (Å²) >= 11 is 0. The summed E-state index contributed by atoms with van der Waals surface area (Å²) in [4.78, 5) is 31.1. The number of hydrogen-bond acceptors (Lipinski definition) is 3. The lowest BCUT2D eigenvalue weighted by atomic mass is 10.1. The smallest absolute Gasteiger partial charge is 0.229 e. The molecular formula is C24H31N3O2. The Bertz CT molecular complexity index is 859. The van der Waals surface area contributed by atoms with Crippen molar-refractivity contribution in [3.05, 3.63) is 54.1 Å². The van der Waals surface area contributed by atoms with Gasteiger partial charge in [0.1, 0.15) is 0 Å². The zero-order valence-corrected chi connectivity index (χ0v) is 17.9. The Kier molecular flexibility index (Phi) is 6.57. The first-order valence-electron chi connectivity index (χ1n) is 10.5. The molecule has 1 heterocycles. The van der Waals surface area contributed by atoms with Crippen LogP contribution in [-0.4, -0.2) is 37.5 Å². The largest absolute Gasteiger partial charge is 0.372 e. The number of carbonyl (C=O) groups excluding carboxylic acids is 2. The molecule has 0 saturated carbocycles. The van der Waals surface area contributed by atoms with E-state index in [1.807, 2.05) is 47.4 Å². The molecule has 0 aromatic heterocycles. The van der Waals surface area contributed by atoms with E-state index >= 15 is 0 Å². The molecule has 0 radical (unpaired) electrons. The van der Waals surface area contributed by atoms with Crippen LogP contribution >= 0.6 is 0 Å². The quantitative estimate of drug-likeness (QED) is 0.706. The molecule has 0 aliphatic carbocycles. The number of carbonyl (C=O) groups is 2. The summed E-state index contributed by atoms with van der Waals surface area (Å²) in [5.41, 5.74) is 4.18. The van der Waals surface area contributed by atoms with Crippen LogP contribution in [0, 0.1) is 0 Å². The Hall–Kier alpha value is -2.82. The molecule has 154 valence electrons. The molecule has 0 spiro atoms. The molecule has 0 saturated heterocycles. The standard InChI is InChI=1S/C24H31N3O2/c1-5-25(6-2)21-11-13-22(14-12-21)26(19(4)28)16-15-24(29)27-18(3)17-20-9-7-8-10-23(20)27/h7-14,18H,5-6,15-17H2,1-4H3. The van der Waals surface area contributed by atoms with Crippen LogP contribution in [0.2, 0.25) is 0 Å². The van der Waals surface area contributed by atoms with Gasteiger partial charge in [-0.15, -0.1) is 0 Å². The van der Waals surface area contributed by atoms with E-state index in [0.717, 1.165) is 36.6 Å². The van der Waals surface area contributed by atoms with Crippen molar-refractivity contribution in [3.8, 4) is 0 Å². The molecule has 2 amide bonds. The van der Waals surface area contributed by atoms with E-state index < -0.39 is 0 Å².